The maximum atomic E-state index is 12.0. The maximum Gasteiger partial charge on any atom is 0.239 e. The fourth-order valence-corrected chi connectivity index (χ4v) is 3.13. The van der Waals surface area contributed by atoms with Gasteiger partial charge in [0.1, 0.15) is 0 Å². The molecule has 0 aliphatic heterocycles. The van der Waals surface area contributed by atoms with E-state index in [2.05, 4.69) is 10.6 Å². The summed E-state index contributed by atoms with van der Waals surface area (Å²) < 4.78 is 24.1. The maximum absolute atomic E-state index is 12.0. The third-order valence-electron chi connectivity index (χ3n) is 3.16. The van der Waals surface area contributed by atoms with Crippen molar-refractivity contribution < 1.29 is 18.0 Å². The Morgan fingerprint density at radius 3 is 2.36 bits per heavy atom. The second-order valence-electron chi connectivity index (χ2n) is 5.14. The number of hydrogen-bond donors (Lipinski definition) is 2. The number of carbonyl (C=O) groups is 2. The van der Waals surface area contributed by atoms with E-state index in [4.69, 9.17) is 11.6 Å². The lowest BCUT2D eigenvalue weighted by molar-refractivity contribution is -0.125. The van der Waals surface area contributed by atoms with E-state index in [-0.39, 0.29) is 35.6 Å². The Kier molecular flexibility index (Phi) is 5.42. The standard InChI is InChI=1S/C14H17ClN2O4S/c15-10-1-5-12(6-2-10)22(20,21)8-7-13(18)16-9-14(19)17-11-3-4-11/h1-2,5-6,11H,3-4,7-9H2,(H,16,18)(H,17,19). The van der Waals surface area contributed by atoms with Gasteiger partial charge in [-0.05, 0) is 37.1 Å². The van der Waals surface area contributed by atoms with Gasteiger partial charge in [0.25, 0.3) is 0 Å². The molecule has 8 heteroatoms. The molecule has 1 aliphatic rings. The van der Waals surface area contributed by atoms with Crippen molar-refractivity contribution in [2.45, 2.75) is 30.2 Å². The number of hydrogen-bond acceptors (Lipinski definition) is 4. The Balaban J connectivity index is 1.76. The quantitative estimate of drug-likeness (QED) is 0.768. The fourth-order valence-electron chi connectivity index (χ4n) is 1.76. The van der Waals surface area contributed by atoms with E-state index >= 15 is 0 Å². The van der Waals surface area contributed by atoms with Crippen molar-refractivity contribution >= 4 is 33.3 Å². The number of halogens is 1. The molecule has 0 saturated heterocycles. The fraction of sp³-hybridized carbons (Fsp3) is 0.429. The smallest absolute Gasteiger partial charge is 0.239 e. The summed E-state index contributed by atoms with van der Waals surface area (Å²) in [7, 11) is -3.54. The van der Waals surface area contributed by atoms with Crippen LogP contribution in [0.2, 0.25) is 5.02 Å². The van der Waals surface area contributed by atoms with Crippen LogP contribution in [0.3, 0.4) is 0 Å². The Bertz CT molecular complexity index is 654. The van der Waals surface area contributed by atoms with E-state index in [9.17, 15) is 18.0 Å². The van der Waals surface area contributed by atoms with Gasteiger partial charge in [-0.15, -0.1) is 0 Å². The molecule has 22 heavy (non-hydrogen) atoms. The van der Waals surface area contributed by atoms with Crippen molar-refractivity contribution in [2.75, 3.05) is 12.3 Å². The monoisotopic (exact) mass is 344 g/mol. The Labute approximate surface area is 134 Å². The first-order chi connectivity index (χ1) is 10.4. The van der Waals surface area contributed by atoms with E-state index < -0.39 is 15.7 Å². The van der Waals surface area contributed by atoms with Gasteiger partial charge in [0.2, 0.25) is 11.8 Å². The highest BCUT2D eigenvalue weighted by Gasteiger charge is 2.23. The number of rotatable bonds is 7. The predicted molar refractivity (Wildman–Crippen MR) is 82.3 cm³/mol. The molecule has 0 unspecified atom stereocenters. The summed E-state index contributed by atoms with van der Waals surface area (Å²) in [6, 6.07) is 6.00. The van der Waals surface area contributed by atoms with Crippen molar-refractivity contribution in [3.05, 3.63) is 29.3 Å². The van der Waals surface area contributed by atoms with Crippen LogP contribution in [-0.4, -0.2) is 38.6 Å². The Hall–Kier alpha value is -1.60. The van der Waals surface area contributed by atoms with Crippen molar-refractivity contribution in [3.63, 3.8) is 0 Å². The lowest BCUT2D eigenvalue weighted by Gasteiger charge is -2.07. The first-order valence-corrected chi connectivity index (χ1v) is 8.94. The van der Waals surface area contributed by atoms with Crippen LogP contribution in [0.5, 0.6) is 0 Å². The molecule has 2 amide bonds. The summed E-state index contributed by atoms with van der Waals surface area (Å²) in [5.41, 5.74) is 0. The van der Waals surface area contributed by atoms with Gasteiger partial charge in [-0.2, -0.15) is 0 Å². The van der Waals surface area contributed by atoms with Crippen LogP contribution in [0.15, 0.2) is 29.2 Å². The van der Waals surface area contributed by atoms with Crippen molar-refractivity contribution in [2.24, 2.45) is 0 Å². The minimum Gasteiger partial charge on any atom is -0.352 e. The zero-order valence-corrected chi connectivity index (χ0v) is 13.4. The first kappa shape index (κ1) is 16.8. The minimum atomic E-state index is -3.54. The summed E-state index contributed by atoms with van der Waals surface area (Å²) >= 11 is 5.70. The summed E-state index contributed by atoms with van der Waals surface area (Å²) in [4.78, 5) is 23.1. The number of benzene rings is 1. The second kappa shape index (κ2) is 7.11. The molecule has 0 atom stereocenters. The molecule has 2 rings (SSSR count). The predicted octanol–water partition coefficient (Wildman–Crippen LogP) is 0.899. The zero-order chi connectivity index (χ0) is 16.2. The highest BCUT2D eigenvalue weighted by molar-refractivity contribution is 7.91. The molecule has 2 N–H and O–H groups in total. The second-order valence-corrected chi connectivity index (χ2v) is 7.69. The van der Waals surface area contributed by atoms with Gasteiger partial charge in [0, 0.05) is 17.5 Å². The van der Waals surface area contributed by atoms with Gasteiger partial charge in [-0.25, -0.2) is 8.42 Å². The van der Waals surface area contributed by atoms with E-state index in [1.54, 1.807) is 0 Å². The lowest BCUT2D eigenvalue weighted by atomic mass is 10.4. The largest absolute Gasteiger partial charge is 0.352 e. The number of amides is 2. The van der Waals surface area contributed by atoms with Crippen LogP contribution in [0.1, 0.15) is 19.3 Å². The molecule has 0 aromatic heterocycles. The van der Waals surface area contributed by atoms with Crippen LogP contribution < -0.4 is 10.6 Å². The van der Waals surface area contributed by atoms with Crippen LogP contribution in [0.25, 0.3) is 0 Å². The molecule has 120 valence electrons. The Morgan fingerprint density at radius 2 is 1.77 bits per heavy atom. The molecular formula is C14H17ClN2O4S. The highest BCUT2D eigenvalue weighted by Crippen LogP contribution is 2.18. The van der Waals surface area contributed by atoms with Crippen LogP contribution in [0, 0.1) is 0 Å². The van der Waals surface area contributed by atoms with Crippen LogP contribution in [0.4, 0.5) is 0 Å². The first-order valence-electron chi connectivity index (χ1n) is 6.91. The van der Waals surface area contributed by atoms with Gasteiger partial charge >= 0.3 is 0 Å². The van der Waals surface area contributed by atoms with Gasteiger partial charge in [-0.3, -0.25) is 9.59 Å². The topological polar surface area (TPSA) is 92.3 Å². The summed E-state index contributed by atoms with van der Waals surface area (Å²) in [6.45, 7) is -0.129. The normalized spacial score (nSPS) is 14.4. The molecule has 0 spiro atoms. The van der Waals surface area contributed by atoms with Crippen LogP contribution >= 0.6 is 11.6 Å². The third-order valence-corrected chi connectivity index (χ3v) is 5.14. The number of sulfone groups is 1. The zero-order valence-electron chi connectivity index (χ0n) is 11.8. The average molecular weight is 345 g/mol. The number of nitrogens with one attached hydrogen (secondary N) is 2. The molecule has 1 aromatic carbocycles. The number of carbonyl (C=O) groups excluding carboxylic acids is 2. The molecular weight excluding hydrogens is 328 g/mol. The molecule has 6 nitrogen and oxygen atoms in total. The van der Waals surface area contributed by atoms with Crippen LogP contribution in [-0.2, 0) is 19.4 Å². The molecule has 1 aliphatic carbocycles. The van der Waals surface area contributed by atoms with E-state index in [0.29, 0.717) is 5.02 Å². The molecule has 1 aromatic rings. The minimum absolute atomic E-state index is 0.121. The molecule has 1 saturated carbocycles. The Morgan fingerprint density at radius 1 is 1.14 bits per heavy atom. The summed E-state index contributed by atoms with van der Waals surface area (Å²) in [5, 5.41) is 5.58. The lowest BCUT2D eigenvalue weighted by Crippen LogP contribution is -2.38. The van der Waals surface area contributed by atoms with Gasteiger partial charge in [0.15, 0.2) is 9.84 Å². The van der Waals surface area contributed by atoms with E-state index in [1.165, 1.54) is 24.3 Å². The molecule has 0 radical (unpaired) electrons. The molecule has 0 heterocycles. The highest BCUT2D eigenvalue weighted by atomic mass is 35.5. The average Bonchev–Trinajstić information content (AvgIpc) is 3.27. The molecule has 1 fully saturated rings. The van der Waals surface area contributed by atoms with E-state index in [1.807, 2.05) is 0 Å². The molecule has 0 bridgehead atoms. The summed E-state index contributed by atoms with van der Waals surface area (Å²) in [5.74, 6) is -1.04. The summed E-state index contributed by atoms with van der Waals surface area (Å²) in [6.07, 6.45) is 1.75. The van der Waals surface area contributed by atoms with E-state index in [0.717, 1.165) is 12.8 Å². The van der Waals surface area contributed by atoms with Gasteiger partial charge in [-0.1, -0.05) is 11.6 Å². The van der Waals surface area contributed by atoms with Gasteiger partial charge in [0.05, 0.1) is 17.2 Å². The van der Waals surface area contributed by atoms with Crippen molar-refractivity contribution in [3.8, 4) is 0 Å². The van der Waals surface area contributed by atoms with Crippen molar-refractivity contribution in [1.29, 1.82) is 0 Å². The van der Waals surface area contributed by atoms with Gasteiger partial charge < -0.3 is 10.6 Å². The van der Waals surface area contributed by atoms with Crippen molar-refractivity contribution in [1.82, 2.24) is 10.6 Å². The SMILES string of the molecule is O=C(CCS(=O)(=O)c1ccc(Cl)cc1)NCC(=O)NC1CC1. The third kappa shape index (κ3) is 5.31.